The molecule has 21 heavy (non-hydrogen) atoms. The van der Waals surface area contributed by atoms with E-state index in [1.807, 2.05) is 32.9 Å². The van der Waals surface area contributed by atoms with E-state index in [1.54, 1.807) is 19.5 Å². The maximum atomic E-state index is 10.5. The van der Waals surface area contributed by atoms with Gasteiger partial charge in [-0.2, -0.15) is 0 Å². The van der Waals surface area contributed by atoms with Crippen molar-refractivity contribution in [3.63, 3.8) is 0 Å². The van der Waals surface area contributed by atoms with E-state index in [-0.39, 0.29) is 5.75 Å². The number of furan rings is 1. The minimum atomic E-state index is 0.212. The van der Waals surface area contributed by atoms with Crippen LogP contribution in [0.25, 0.3) is 22.3 Å². The lowest BCUT2D eigenvalue weighted by molar-refractivity contribution is 0.411. The SMILES string of the molecule is COc1c(-c2cccnc2)oc2c(C)c(C)c(C)c(O)c12. The number of fused-ring (bicyclic) bond motifs is 1. The van der Waals surface area contributed by atoms with Gasteiger partial charge >= 0.3 is 0 Å². The van der Waals surface area contributed by atoms with E-state index in [9.17, 15) is 5.11 Å². The molecule has 0 amide bonds. The Morgan fingerprint density at radius 1 is 1.14 bits per heavy atom. The smallest absolute Gasteiger partial charge is 0.178 e. The number of phenols is 1. The van der Waals surface area contributed by atoms with Gasteiger partial charge in [-0.25, -0.2) is 0 Å². The molecule has 0 fully saturated rings. The normalized spacial score (nSPS) is 11.0. The molecule has 0 spiro atoms. The summed E-state index contributed by atoms with van der Waals surface area (Å²) in [5.41, 5.74) is 4.35. The second-order valence-electron chi connectivity index (χ2n) is 5.13. The average molecular weight is 283 g/mol. The van der Waals surface area contributed by atoms with E-state index < -0.39 is 0 Å². The fraction of sp³-hybridized carbons (Fsp3) is 0.235. The molecule has 108 valence electrons. The van der Waals surface area contributed by atoms with Crippen molar-refractivity contribution in [2.24, 2.45) is 0 Å². The third kappa shape index (κ3) is 1.87. The van der Waals surface area contributed by atoms with Crippen LogP contribution in [0.3, 0.4) is 0 Å². The van der Waals surface area contributed by atoms with Crippen molar-refractivity contribution in [1.82, 2.24) is 4.98 Å². The lowest BCUT2D eigenvalue weighted by Gasteiger charge is -2.08. The number of rotatable bonds is 2. The van der Waals surface area contributed by atoms with Crippen LogP contribution in [0.2, 0.25) is 0 Å². The molecule has 1 aromatic carbocycles. The third-order valence-electron chi connectivity index (χ3n) is 4.05. The number of benzene rings is 1. The first kappa shape index (κ1) is 13.5. The molecule has 3 rings (SSSR count). The zero-order valence-electron chi connectivity index (χ0n) is 12.5. The Balaban J connectivity index is 2.44. The Kier molecular flexibility index (Phi) is 3.09. The minimum absolute atomic E-state index is 0.212. The first-order valence-corrected chi connectivity index (χ1v) is 6.75. The molecule has 4 nitrogen and oxygen atoms in total. The Morgan fingerprint density at radius 2 is 1.90 bits per heavy atom. The molecule has 0 saturated carbocycles. The van der Waals surface area contributed by atoms with Gasteiger partial charge in [0.05, 0.1) is 7.11 Å². The molecular formula is C17H17NO3. The number of pyridine rings is 1. The summed E-state index contributed by atoms with van der Waals surface area (Å²) in [7, 11) is 1.58. The van der Waals surface area contributed by atoms with E-state index in [2.05, 4.69) is 4.98 Å². The van der Waals surface area contributed by atoms with Gasteiger partial charge in [-0.15, -0.1) is 0 Å². The molecule has 0 atom stereocenters. The second kappa shape index (κ2) is 4.81. The summed E-state index contributed by atoms with van der Waals surface area (Å²) in [6, 6.07) is 3.74. The van der Waals surface area contributed by atoms with Crippen LogP contribution in [-0.2, 0) is 0 Å². The van der Waals surface area contributed by atoms with Crippen LogP contribution in [-0.4, -0.2) is 17.2 Å². The molecular weight excluding hydrogens is 266 g/mol. The molecule has 2 heterocycles. The number of nitrogens with zero attached hydrogens (tertiary/aromatic N) is 1. The van der Waals surface area contributed by atoms with E-state index in [4.69, 9.17) is 9.15 Å². The Morgan fingerprint density at radius 3 is 2.52 bits per heavy atom. The van der Waals surface area contributed by atoms with Crippen LogP contribution in [0, 0.1) is 20.8 Å². The summed E-state index contributed by atoms with van der Waals surface area (Å²) in [6.07, 6.45) is 3.42. The Bertz CT molecular complexity index is 819. The van der Waals surface area contributed by atoms with E-state index in [0.717, 1.165) is 22.3 Å². The van der Waals surface area contributed by atoms with Gasteiger partial charge < -0.3 is 14.3 Å². The van der Waals surface area contributed by atoms with Gasteiger partial charge in [-0.05, 0) is 49.6 Å². The summed E-state index contributed by atoms with van der Waals surface area (Å²) < 4.78 is 11.5. The second-order valence-corrected chi connectivity index (χ2v) is 5.13. The lowest BCUT2D eigenvalue weighted by Crippen LogP contribution is -1.90. The summed E-state index contributed by atoms with van der Waals surface area (Å²) in [5.74, 6) is 1.34. The molecule has 0 aliphatic heterocycles. The highest BCUT2D eigenvalue weighted by atomic mass is 16.5. The number of aryl methyl sites for hydroxylation is 1. The molecule has 2 aromatic heterocycles. The van der Waals surface area contributed by atoms with Crippen LogP contribution in [0.5, 0.6) is 11.5 Å². The van der Waals surface area contributed by atoms with Crippen LogP contribution in [0.15, 0.2) is 28.9 Å². The van der Waals surface area contributed by atoms with Crippen molar-refractivity contribution in [2.45, 2.75) is 20.8 Å². The quantitative estimate of drug-likeness (QED) is 0.768. The van der Waals surface area contributed by atoms with Gasteiger partial charge in [0, 0.05) is 18.0 Å². The number of aromatic nitrogens is 1. The summed E-state index contributed by atoms with van der Waals surface area (Å²) in [4.78, 5) is 4.11. The summed E-state index contributed by atoms with van der Waals surface area (Å²) >= 11 is 0. The fourth-order valence-electron chi connectivity index (χ4n) is 2.59. The van der Waals surface area contributed by atoms with Crippen molar-refractivity contribution in [2.75, 3.05) is 7.11 Å². The van der Waals surface area contributed by atoms with Crippen LogP contribution in [0.4, 0.5) is 0 Å². The maximum absolute atomic E-state index is 10.5. The topological polar surface area (TPSA) is 55.5 Å². The highest BCUT2D eigenvalue weighted by Crippen LogP contribution is 2.47. The van der Waals surface area contributed by atoms with Crippen molar-refractivity contribution in [3.8, 4) is 22.8 Å². The van der Waals surface area contributed by atoms with Gasteiger partial charge in [0.1, 0.15) is 16.7 Å². The molecule has 0 bridgehead atoms. The number of hydrogen-bond acceptors (Lipinski definition) is 4. The predicted molar refractivity (Wildman–Crippen MR) is 81.9 cm³/mol. The largest absolute Gasteiger partial charge is 0.507 e. The van der Waals surface area contributed by atoms with Gasteiger partial charge in [-0.1, -0.05) is 0 Å². The van der Waals surface area contributed by atoms with E-state index in [1.165, 1.54) is 0 Å². The molecule has 0 unspecified atom stereocenters. The van der Waals surface area contributed by atoms with Gasteiger partial charge in [0.25, 0.3) is 0 Å². The van der Waals surface area contributed by atoms with Crippen molar-refractivity contribution in [3.05, 3.63) is 41.2 Å². The molecule has 1 N–H and O–H groups in total. The van der Waals surface area contributed by atoms with Crippen molar-refractivity contribution < 1.29 is 14.3 Å². The van der Waals surface area contributed by atoms with Crippen LogP contribution in [0.1, 0.15) is 16.7 Å². The average Bonchev–Trinajstić information content (AvgIpc) is 2.91. The molecule has 0 radical (unpaired) electrons. The molecule has 0 aliphatic rings. The highest BCUT2D eigenvalue weighted by Gasteiger charge is 2.24. The van der Waals surface area contributed by atoms with Crippen molar-refractivity contribution >= 4 is 11.0 Å². The third-order valence-corrected chi connectivity index (χ3v) is 4.05. The van der Waals surface area contributed by atoms with E-state index in [0.29, 0.717) is 22.5 Å². The van der Waals surface area contributed by atoms with Crippen molar-refractivity contribution in [1.29, 1.82) is 0 Å². The summed E-state index contributed by atoms with van der Waals surface area (Å²) in [5, 5.41) is 11.1. The Hall–Kier alpha value is -2.49. The van der Waals surface area contributed by atoms with E-state index >= 15 is 0 Å². The van der Waals surface area contributed by atoms with Gasteiger partial charge in [0.2, 0.25) is 0 Å². The first-order valence-electron chi connectivity index (χ1n) is 6.75. The standard InChI is InChI=1S/C17H17NO3/c1-9-10(2)14(19)13-15(11(9)3)21-16(17(13)20-4)12-6-5-7-18-8-12/h5-8,19H,1-4H3. The fourth-order valence-corrected chi connectivity index (χ4v) is 2.59. The number of phenolic OH excluding ortho intramolecular Hbond substituents is 1. The number of aromatic hydroxyl groups is 1. The van der Waals surface area contributed by atoms with Gasteiger partial charge in [0.15, 0.2) is 11.5 Å². The monoisotopic (exact) mass is 283 g/mol. The molecule has 0 saturated heterocycles. The maximum Gasteiger partial charge on any atom is 0.178 e. The van der Waals surface area contributed by atoms with Gasteiger partial charge in [-0.3, -0.25) is 4.98 Å². The highest BCUT2D eigenvalue weighted by molar-refractivity contribution is 5.99. The zero-order valence-corrected chi connectivity index (χ0v) is 12.5. The summed E-state index contributed by atoms with van der Waals surface area (Å²) in [6.45, 7) is 5.86. The first-order chi connectivity index (χ1) is 10.1. The number of ether oxygens (including phenoxy) is 1. The number of hydrogen-bond donors (Lipinski definition) is 1. The lowest BCUT2D eigenvalue weighted by atomic mass is 9.99. The van der Waals surface area contributed by atoms with Crippen LogP contribution >= 0.6 is 0 Å². The molecule has 0 aliphatic carbocycles. The van der Waals surface area contributed by atoms with Crippen LogP contribution < -0.4 is 4.74 Å². The zero-order chi connectivity index (χ0) is 15.1. The predicted octanol–water partition coefficient (Wildman–Crippen LogP) is 4.13. The number of methoxy groups -OCH3 is 1. The minimum Gasteiger partial charge on any atom is -0.507 e. The Labute approximate surface area is 123 Å². The molecule has 3 aromatic rings. The molecule has 4 heteroatoms.